The van der Waals surface area contributed by atoms with Crippen molar-refractivity contribution in [2.45, 2.75) is 19.3 Å². The van der Waals surface area contributed by atoms with Crippen molar-refractivity contribution in [1.29, 1.82) is 0 Å². The van der Waals surface area contributed by atoms with E-state index in [1.165, 1.54) is 6.07 Å². The van der Waals surface area contributed by atoms with Gasteiger partial charge >= 0.3 is 0 Å². The molecule has 9 nitrogen and oxygen atoms in total. The van der Waals surface area contributed by atoms with E-state index in [9.17, 15) is 20.2 Å². The van der Waals surface area contributed by atoms with Gasteiger partial charge in [0.15, 0.2) is 5.11 Å². The number of thiocarbonyl (C=S) groups is 1. The Labute approximate surface area is 131 Å². The fraction of sp³-hybridized carbons (Fsp3) is 0.417. The van der Waals surface area contributed by atoms with Crippen molar-refractivity contribution in [3.05, 3.63) is 32.4 Å². The van der Waals surface area contributed by atoms with Gasteiger partial charge in [-0.1, -0.05) is 0 Å². The summed E-state index contributed by atoms with van der Waals surface area (Å²) in [6.45, 7) is 1.34. The van der Waals surface area contributed by atoms with Gasteiger partial charge in [-0.15, -0.1) is 0 Å². The predicted octanol–water partition coefficient (Wildman–Crippen LogP) is 2.15. The molecule has 0 radical (unpaired) electrons. The van der Waals surface area contributed by atoms with Crippen LogP contribution in [-0.4, -0.2) is 28.0 Å². The molecule has 1 saturated heterocycles. The third-order valence-corrected chi connectivity index (χ3v) is 3.54. The van der Waals surface area contributed by atoms with Crippen molar-refractivity contribution in [2.24, 2.45) is 5.73 Å². The summed E-state index contributed by atoms with van der Waals surface area (Å²) in [5, 5.41) is 24.8. The average molecular weight is 325 g/mol. The molecule has 22 heavy (non-hydrogen) atoms. The van der Waals surface area contributed by atoms with Crippen LogP contribution in [0.1, 0.15) is 19.3 Å². The molecule has 1 aliphatic rings. The number of nitrogens with zero attached hydrogens (tertiary/aromatic N) is 3. The lowest BCUT2D eigenvalue weighted by molar-refractivity contribution is -0.393. The van der Waals surface area contributed by atoms with Crippen molar-refractivity contribution in [3.8, 4) is 0 Å². The lowest BCUT2D eigenvalue weighted by Crippen LogP contribution is -2.30. The molecule has 118 valence electrons. The van der Waals surface area contributed by atoms with E-state index in [0.29, 0.717) is 18.8 Å². The number of rotatable bonds is 4. The molecule has 3 N–H and O–H groups in total. The number of nitrogens with one attached hydrogen (secondary N) is 1. The number of anilines is 2. The molecule has 1 aromatic rings. The molecule has 0 unspecified atom stereocenters. The van der Waals surface area contributed by atoms with Crippen LogP contribution in [0.3, 0.4) is 0 Å². The number of piperidine rings is 1. The molecule has 0 aliphatic carbocycles. The molecule has 1 aromatic carbocycles. The summed E-state index contributed by atoms with van der Waals surface area (Å²) in [6.07, 6.45) is 2.91. The highest BCUT2D eigenvalue weighted by molar-refractivity contribution is 7.80. The van der Waals surface area contributed by atoms with Gasteiger partial charge in [-0.05, 0) is 37.5 Å². The first-order chi connectivity index (χ1) is 10.4. The molecule has 2 rings (SSSR count). The van der Waals surface area contributed by atoms with E-state index in [0.717, 1.165) is 25.3 Å². The van der Waals surface area contributed by atoms with Gasteiger partial charge in [0.2, 0.25) is 0 Å². The van der Waals surface area contributed by atoms with Gasteiger partial charge in [0.25, 0.3) is 11.4 Å². The van der Waals surface area contributed by atoms with E-state index in [1.807, 2.05) is 4.90 Å². The number of nitrogens with two attached hydrogens (primary N) is 1. The van der Waals surface area contributed by atoms with Crippen LogP contribution in [0.2, 0.25) is 0 Å². The molecule has 0 spiro atoms. The summed E-state index contributed by atoms with van der Waals surface area (Å²) in [4.78, 5) is 22.9. The van der Waals surface area contributed by atoms with Crippen LogP contribution in [0.4, 0.5) is 22.7 Å². The Bertz CT molecular complexity index is 630. The minimum atomic E-state index is -0.701. The maximum absolute atomic E-state index is 11.3. The quantitative estimate of drug-likeness (QED) is 0.489. The summed E-state index contributed by atoms with van der Waals surface area (Å²) < 4.78 is 0. The van der Waals surface area contributed by atoms with Crippen molar-refractivity contribution >= 4 is 40.1 Å². The third kappa shape index (κ3) is 3.39. The lowest BCUT2D eigenvalue weighted by Gasteiger charge is -2.28. The molecule has 0 bridgehead atoms. The van der Waals surface area contributed by atoms with Gasteiger partial charge in [0.05, 0.1) is 15.9 Å². The first kappa shape index (κ1) is 15.9. The fourth-order valence-electron chi connectivity index (χ4n) is 2.48. The second kappa shape index (κ2) is 6.52. The smallest absolute Gasteiger partial charge is 0.299 e. The Morgan fingerprint density at radius 2 is 1.73 bits per heavy atom. The van der Waals surface area contributed by atoms with E-state index >= 15 is 0 Å². The van der Waals surface area contributed by atoms with Gasteiger partial charge < -0.3 is 16.0 Å². The molecule has 10 heteroatoms. The molecular formula is C12H15N5O4S. The molecule has 1 fully saturated rings. The standard InChI is InChI=1S/C12H15N5O4S/c13-12(22)14-8-6-10(15-4-2-1-3-5-15)11(17(20)21)7-9(8)16(18)19/h6-7H,1-5H2,(H3,13,14,22). The zero-order valence-corrected chi connectivity index (χ0v) is 12.5. The highest BCUT2D eigenvalue weighted by Gasteiger charge is 2.28. The van der Waals surface area contributed by atoms with Gasteiger partial charge in [-0.25, -0.2) is 0 Å². The molecule has 0 atom stereocenters. The van der Waals surface area contributed by atoms with E-state index in [-0.39, 0.29) is 16.5 Å². The van der Waals surface area contributed by atoms with E-state index in [4.69, 9.17) is 18.0 Å². The number of nitro groups is 2. The van der Waals surface area contributed by atoms with E-state index < -0.39 is 15.5 Å². The van der Waals surface area contributed by atoms with Crippen LogP contribution in [-0.2, 0) is 0 Å². The monoisotopic (exact) mass is 325 g/mol. The number of nitro benzene ring substituents is 2. The Morgan fingerprint density at radius 3 is 2.23 bits per heavy atom. The zero-order valence-electron chi connectivity index (χ0n) is 11.7. The third-order valence-electron chi connectivity index (χ3n) is 3.44. The zero-order chi connectivity index (χ0) is 16.3. The van der Waals surface area contributed by atoms with Crippen LogP contribution in [0, 0.1) is 20.2 Å². The normalized spacial score (nSPS) is 14.5. The van der Waals surface area contributed by atoms with Crippen molar-refractivity contribution in [2.75, 3.05) is 23.3 Å². The van der Waals surface area contributed by atoms with Crippen molar-refractivity contribution in [1.82, 2.24) is 0 Å². The minimum absolute atomic E-state index is 0.0590. The molecule has 1 heterocycles. The predicted molar refractivity (Wildman–Crippen MR) is 86.2 cm³/mol. The number of hydrogen-bond donors (Lipinski definition) is 2. The second-order valence-corrected chi connectivity index (χ2v) is 5.35. The highest BCUT2D eigenvalue weighted by atomic mass is 32.1. The van der Waals surface area contributed by atoms with Crippen LogP contribution in [0.5, 0.6) is 0 Å². The Morgan fingerprint density at radius 1 is 1.14 bits per heavy atom. The van der Waals surface area contributed by atoms with E-state index in [1.54, 1.807) is 0 Å². The first-order valence-electron chi connectivity index (χ1n) is 6.68. The molecule has 0 saturated carbocycles. The summed E-state index contributed by atoms with van der Waals surface area (Å²) in [5.41, 5.74) is 5.05. The maximum atomic E-state index is 11.3. The van der Waals surface area contributed by atoms with Crippen LogP contribution in [0.15, 0.2) is 12.1 Å². The summed E-state index contributed by atoms with van der Waals surface area (Å²) in [7, 11) is 0. The fourth-order valence-corrected chi connectivity index (χ4v) is 2.59. The topological polar surface area (TPSA) is 128 Å². The van der Waals surface area contributed by atoms with Gasteiger partial charge in [0, 0.05) is 13.1 Å². The van der Waals surface area contributed by atoms with Crippen LogP contribution >= 0.6 is 12.2 Å². The van der Waals surface area contributed by atoms with Crippen molar-refractivity contribution < 1.29 is 9.85 Å². The Kier molecular flexibility index (Phi) is 4.71. The first-order valence-corrected chi connectivity index (χ1v) is 7.09. The maximum Gasteiger partial charge on any atom is 0.299 e. The van der Waals surface area contributed by atoms with Crippen LogP contribution < -0.4 is 16.0 Å². The highest BCUT2D eigenvalue weighted by Crippen LogP contribution is 2.39. The Balaban J connectivity index is 2.56. The molecular weight excluding hydrogens is 310 g/mol. The summed E-state index contributed by atoms with van der Waals surface area (Å²) in [6, 6.07) is 2.32. The SMILES string of the molecule is NC(=S)Nc1cc(N2CCCCC2)c([N+](=O)[O-])cc1[N+](=O)[O-]. The summed E-state index contributed by atoms with van der Waals surface area (Å²) >= 11 is 4.70. The molecule has 0 aromatic heterocycles. The van der Waals surface area contributed by atoms with Gasteiger partial charge in [0.1, 0.15) is 11.4 Å². The minimum Gasteiger partial charge on any atom is -0.376 e. The van der Waals surface area contributed by atoms with E-state index in [2.05, 4.69) is 5.32 Å². The van der Waals surface area contributed by atoms with Gasteiger partial charge in [-0.2, -0.15) is 0 Å². The van der Waals surface area contributed by atoms with Crippen molar-refractivity contribution in [3.63, 3.8) is 0 Å². The average Bonchev–Trinajstić information content (AvgIpc) is 2.46. The molecule has 0 amide bonds. The summed E-state index contributed by atoms with van der Waals surface area (Å²) in [5.74, 6) is 0. The molecule has 1 aliphatic heterocycles. The largest absolute Gasteiger partial charge is 0.376 e. The second-order valence-electron chi connectivity index (χ2n) is 4.91. The number of benzene rings is 1. The Hall–Kier alpha value is -2.49. The van der Waals surface area contributed by atoms with Gasteiger partial charge in [-0.3, -0.25) is 20.2 Å². The lowest BCUT2D eigenvalue weighted by atomic mass is 10.1. The number of hydrogen-bond acceptors (Lipinski definition) is 6. The van der Waals surface area contributed by atoms with Crippen LogP contribution in [0.25, 0.3) is 0 Å².